The summed E-state index contributed by atoms with van der Waals surface area (Å²) in [6.45, 7) is 6.80. The molecule has 33 heavy (non-hydrogen) atoms. The van der Waals surface area contributed by atoms with E-state index in [0.717, 1.165) is 43.5 Å². The standard InChI is InChI=1S/C26H31F2N5/c1-2-33(18-24-7-4-10-29-24)17-20-5-3-6-21(13-20)25-9-12-31-26(32-25)30-11-8-19-14-22(27)16-23(28)15-19/h3,5-6,9,12-16,24,29H,2,4,7-8,10-11,17-18H2,1H3,(H,30,31,32)/t24-/m1/s1. The maximum atomic E-state index is 13.4. The normalized spacial score (nSPS) is 15.8. The van der Waals surface area contributed by atoms with E-state index >= 15 is 0 Å². The number of hydrogen-bond acceptors (Lipinski definition) is 5. The molecule has 1 fully saturated rings. The van der Waals surface area contributed by atoms with Crippen molar-refractivity contribution in [2.75, 3.05) is 31.5 Å². The fourth-order valence-corrected chi connectivity index (χ4v) is 4.30. The van der Waals surface area contributed by atoms with Crippen LogP contribution in [0.25, 0.3) is 11.3 Å². The molecule has 174 valence electrons. The van der Waals surface area contributed by atoms with Crippen LogP contribution >= 0.6 is 0 Å². The number of anilines is 1. The van der Waals surface area contributed by atoms with Crippen molar-refractivity contribution in [2.24, 2.45) is 0 Å². The highest BCUT2D eigenvalue weighted by molar-refractivity contribution is 5.60. The third kappa shape index (κ3) is 6.79. The van der Waals surface area contributed by atoms with E-state index in [2.05, 4.69) is 56.7 Å². The molecule has 4 rings (SSSR count). The fraction of sp³-hybridized carbons (Fsp3) is 0.385. The first-order chi connectivity index (χ1) is 16.1. The summed E-state index contributed by atoms with van der Waals surface area (Å²) in [6, 6.07) is 14.5. The quantitative estimate of drug-likeness (QED) is 0.470. The van der Waals surface area contributed by atoms with Gasteiger partial charge in [-0.15, -0.1) is 0 Å². The molecule has 1 aliphatic heterocycles. The number of rotatable bonds is 10. The summed E-state index contributed by atoms with van der Waals surface area (Å²) in [5.74, 6) is -0.634. The zero-order valence-corrected chi connectivity index (χ0v) is 19.0. The van der Waals surface area contributed by atoms with Crippen molar-refractivity contribution in [2.45, 2.75) is 38.8 Å². The number of benzene rings is 2. The van der Waals surface area contributed by atoms with Gasteiger partial charge in [0.15, 0.2) is 0 Å². The molecule has 1 atom stereocenters. The largest absolute Gasteiger partial charge is 0.354 e. The second-order valence-electron chi connectivity index (χ2n) is 8.54. The second kappa shape index (κ2) is 11.3. The summed E-state index contributed by atoms with van der Waals surface area (Å²) in [4.78, 5) is 11.4. The Morgan fingerprint density at radius 2 is 1.94 bits per heavy atom. The van der Waals surface area contributed by atoms with Gasteiger partial charge in [0.1, 0.15) is 11.6 Å². The number of hydrogen-bond donors (Lipinski definition) is 2. The molecule has 0 spiro atoms. The van der Waals surface area contributed by atoms with Crippen molar-refractivity contribution < 1.29 is 8.78 Å². The van der Waals surface area contributed by atoms with Crippen molar-refractivity contribution >= 4 is 5.95 Å². The van der Waals surface area contributed by atoms with E-state index in [1.807, 2.05) is 6.07 Å². The Balaban J connectivity index is 1.38. The Morgan fingerprint density at radius 3 is 2.70 bits per heavy atom. The molecule has 2 aromatic carbocycles. The molecule has 7 heteroatoms. The van der Waals surface area contributed by atoms with Crippen molar-refractivity contribution in [3.05, 3.63) is 77.5 Å². The topological polar surface area (TPSA) is 53.1 Å². The highest BCUT2D eigenvalue weighted by Gasteiger charge is 2.17. The number of halogens is 2. The Labute approximate surface area is 194 Å². The first-order valence-electron chi connectivity index (χ1n) is 11.7. The van der Waals surface area contributed by atoms with Gasteiger partial charge in [0.2, 0.25) is 5.95 Å². The van der Waals surface area contributed by atoms with E-state index in [0.29, 0.717) is 30.5 Å². The van der Waals surface area contributed by atoms with Crippen molar-refractivity contribution in [3.63, 3.8) is 0 Å². The number of aromatic nitrogens is 2. The van der Waals surface area contributed by atoms with Gasteiger partial charge in [-0.1, -0.05) is 25.1 Å². The minimum atomic E-state index is -0.565. The SMILES string of the molecule is CCN(Cc1cccc(-c2ccnc(NCCc3cc(F)cc(F)c3)n2)c1)C[C@H]1CCCN1. The van der Waals surface area contributed by atoms with Crippen LogP contribution in [0.15, 0.2) is 54.7 Å². The van der Waals surface area contributed by atoms with Crippen LogP contribution in [-0.4, -0.2) is 47.1 Å². The molecule has 2 heterocycles. The molecule has 0 radical (unpaired) electrons. The van der Waals surface area contributed by atoms with Crippen LogP contribution in [0, 0.1) is 11.6 Å². The number of nitrogens with one attached hydrogen (secondary N) is 2. The zero-order chi connectivity index (χ0) is 23.0. The zero-order valence-electron chi connectivity index (χ0n) is 19.0. The molecule has 2 N–H and O–H groups in total. The summed E-state index contributed by atoms with van der Waals surface area (Å²) in [5.41, 5.74) is 3.73. The summed E-state index contributed by atoms with van der Waals surface area (Å²) in [7, 11) is 0. The monoisotopic (exact) mass is 451 g/mol. The average molecular weight is 452 g/mol. The average Bonchev–Trinajstić information content (AvgIpc) is 3.31. The highest BCUT2D eigenvalue weighted by atomic mass is 19.1. The van der Waals surface area contributed by atoms with Crippen molar-refractivity contribution in [1.82, 2.24) is 20.2 Å². The highest BCUT2D eigenvalue weighted by Crippen LogP contribution is 2.20. The molecule has 1 aromatic heterocycles. The smallest absolute Gasteiger partial charge is 0.223 e. The molecule has 0 amide bonds. The van der Waals surface area contributed by atoms with E-state index in [-0.39, 0.29) is 0 Å². The van der Waals surface area contributed by atoms with E-state index in [4.69, 9.17) is 0 Å². The first-order valence-corrected chi connectivity index (χ1v) is 11.7. The van der Waals surface area contributed by atoms with E-state index in [1.165, 1.54) is 30.5 Å². The fourth-order valence-electron chi connectivity index (χ4n) is 4.30. The lowest BCUT2D eigenvalue weighted by molar-refractivity contribution is 0.253. The Bertz CT molecular complexity index is 1030. The van der Waals surface area contributed by atoms with Crippen molar-refractivity contribution in [3.8, 4) is 11.3 Å². The van der Waals surface area contributed by atoms with Gasteiger partial charge >= 0.3 is 0 Å². The van der Waals surface area contributed by atoms with Gasteiger partial charge in [-0.3, -0.25) is 4.90 Å². The summed E-state index contributed by atoms with van der Waals surface area (Å²) in [5, 5.41) is 6.74. The summed E-state index contributed by atoms with van der Waals surface area (Å²) >= 11 is 0. The molecule has 5 nitrogen and oxygen atoms in total. The Morgan fingerprint density at radius 1 is 1.09 bits per heavy atom. The van der Waals surface area contributed by atoms with Crippen LogP contribution in [0.4, 0.5) is 14.7 Å². The second-order valence-corrected chi connectivity index (χ2v) is 8.54. The lowest BCUT2D eigenvalue weighted by atomic mass is 10.1. The van der Waals surface area contributed by atoms with Crippen LogP contribution < -0.4 is 10.6 Å². The van der Waals surface area contributed by atoms with Gasteiger partial charge < -0.3 is 10.6 Å². The number of nitrogens with zero attached hydrogens (tertiary/aromatic N) is 3. The van der Waals surface area contributed by atoms with Gasteiger partial charge in [-0.2, -0.15) is 0 Å². The van der Waals surface area contributed by atoms with Crippen LogP contribution in [0.2, 0.25) is 0 Å². The van der Waals surface area contributed by atoms with E-state index in [1.54, 1.807) is 6.20 Å². The lowest BCUT2D eigenvalue weighted by Crippen LogP contribution is -2.37. The number of likely N-dealkylation sites (N-methyl/N-ethyl adjacent to an activating group) is 1. The Hall–Kier alpha value is -2.90. The van der Waals surface area contributed by atoms with Gasteiger partial charge in [0.25, 0.3) is 0 Å². The summed E-state index contributed by atoms with van der Waals surface area (Å²) in [6.07, 6.45) is 4.71. The van der Waals surface area contributed by atoms with Crippen LogP contribution in [0.3, 0.4) is 0 Å². The minimum Gasteiger partial charge on any atom is -0.354 e. The molecule has 0 unspecified atom stereocenters. The third-order valence-electron chi connectivity index (χ3n) is 5.99. The molecule has 0 bridgehead atoms. The van der Waals surface area contributed by atoms with Gasteiger partial charge in [0.05, 0.1) is 5.69 Å². The predicted molar refractivity (Wildman–Crippen MR) is 128 cm³/mol. The van der Waals surface area contributed by atoms with E-state index < -0.39 is 11.6 Å². The van der Waals surface area contributed by atoms with Crippen LogP contribution in [0.1, 0.15) is 30.9 Å². The maximum absolute atomic E-state index is 13.4. The van der Waals surface area contributed by atoms with Crippen LogP contribution in [0.5, 0.6) is 0 Å². The lowest BCUT2D eigenvalue weighted by Gasteiger charge is -2.24. The third-order valence-corrected chi connectivity index (χ3v) is 5.99. The Kier molecular flexibility index (Phi) is 7.96. The predicted octanol–water partition coefficient (Wildman–Crippen LogP) is 4.65. The first kappa shape index (κ1) is 23.3. The van der Waals surface area contributed by atoms with Gasteiger partial charge in [-0.05, 0) is 67.7 Å². The van der Waals surface area contributed by atoms with Gasteiger partial charge in [0, 0.05) is 43.5 Å². The molecular weight excluding hydrogens is 420 g/mol. The van der Waals surface area contributed by atoms with Crippen LogP contribution in [-0.2, 0) is 13.0 Å². The maximum Gasteiger partial charge on any atom is 0.223 e. The molecule has 1 aliphatic rings. The molecular formula is C26H31F2N5. The summed E-state index contributed by atoms with van der Waals surface area (Å²) < 4.78 is 26.7. The van der Waals surface area contributed by atoms with Gasteiger partial charge in [-0.25, -0.2) is 18.7 Å². The van der Waals surface area contributed by atoms with Crippen molar-refractivity contribution in [1.29, 1.82) is 0 Å². The molecule has 0 aliphatic carbocycles. The van der Waals surface area contributed by atoms with E-state index in [9.17, 15) is 8.78 Å². The minimum absolute atomic E-state index is 0.473. The molecule has 3 aromatic rings. The molecule has 1 saturated heterocycles. The molecule has 0 saturated carbocycles.